The summed E-state index contributed by atoms with van der Waals surface area (Å²) >= 11 is 1.02. The predicted molar refractivity (Wildman–Crippen MR) is 61.3 cm³/mol. The van der Waals surface area contributed by atoms with E-state index in [1.807, 2.05) is 0 Å². The second kappa shape index (κ2) is 4.09. The van der Waals surface area contributed by atoms with Gasteiger partial charge in [0.1, 0.15) is 17.1 Å². The van der Waals surface area contributed by atoms with Crippen molar-refractivity contribution < 1.29 is 13.9 Å². The number of ketones is 1. The minimum atomic E-state index is -0.350. The molecule has 0 aliphatic heterocycles. The molecule has 2 rings (SSSR count). The summed E-state index contributed by atoms with van der Waals surface area (Å²) in [6.45, 7) is 1.51. The molecule has 84 valence electrons. The summed E-state index contributed by atoms with van der Waals surface area (Å²) in [6.07, 6.45) is 0.276. The third-order valence-corrected chi connectivity index (χ3v) is 2.96. The van der Waals surface area contributed by atoms with E-state index in [9.17, 15) is 9.59 Å². The molecule has 0 amide bonds. The van der Waals surface area contributed by atoms with Crippen LogP contribution in [0, 0.1) is 0 Å². The molecule has 16 heavy (non-hydrogen) atoms. The summed E-state index contributed by atoms with van der Waals surface area (Å²) < 4.78 is 10.9. The van der Waals surface area contributed by atoms with Crippen LogP contribution in [0.5, 0.6) is 5.75 Å². The highest BCUT2D eigenvalue weighted by atomic mass is 32.1. The van der Waals surface area contributed by atoms with Gasteiger partial charge >= 0.3 is 4.94 Å². The highest BCUT2D eigenvalue weighted by molar-refractivity contribution is 7.16. The lowest BCUT2D eigenvalue weighted by Crippen LogP contribution is -1.99. The van der Waals surface area contributed by atoms with E-state index in [1.54, 1.807) is 12.1 Å². The molecule has 0 spiro atoms. The van der Waals surface area contributed by atoms with Gasteiger partial charge in [0, 0.05) is 18.1 Å². The van der Waals surface area contributed by atoms with Gasteiger partial charge in [-0.05, 0) is 13.0 Å². The van der Waals surface area contributed by atoms with E-state index in [0.717, 1.165) is 21.6 Å². The number of rotatable bonds is 3. The van der Waals surface area contributed by atoms with Gasteiger partial charge in [0.05, 0.1) is 11.8 Å². The molecule has 0 bridgehead atoms. The minimum absolute atomic E-state index is 0.0372. The van der Waals surface area contributed by atoms with Crippen LogP contribution in [-0.2, 0) is 11.2 Å². The van der Waals surface area contributed by atoms with Crippen LogP contribution in [0.25, 0.3) is 10.3 Å². The van der Waals surface area contributed by atoms with E-state index < -0.39 is 0 Å². The van der Waals surface area contributed by atoms with Crippen molar-refractivity contribution in [2.75, 3.05) is 7.11 Å². The van der Waals surface area contributed by atoms with Crippen molar-refractivity contribution >= 4 is 27.4 Å². The fraction of sp³-hybridized carbons (Fsp3) is 0.273. The van der Waals surface area contributed by atoms with Crippen LogP contribution in [0.2, 0.25) is 0 Å². The smallest absolute Gasteiger partial charge is 0.396 e. The summed E-state index contributed by atoms with van der Waals surface area (Å²) in [6, 6.07) is 3.41. The Kier molecular flexibility index (Phi) is 2.78. The first-order chi connectivity index (χ1) is 7.60. The molecule has 1 aromatic heterocycles. The van der Waals surface area contributed by atoms with E-state index in [2.05, 4.69) is 0 Å². The lowest BCUT2D eigenvalue weighted by Gasteiger charge is -2.06. The summed E-state index contributed by atoms with van der Waals surface area (Å²) in [5.74, 6) is 0.648. The molecule has 0 unspecified atom stereocenters. The Balaban J connectivity index is 2.61. The SMILES string of the molecule is COc1cc2sc(=O)oc2cc1CC(C)=O. The van der Waals surface area contributed by atoms with Crippen LogP contribution < -0.4 is 9.68 Å². The number of methoxy groups -OCH3 is 1. The van der Waals surface area contributed by atoms with Crippen LogP contribution in [-0.4, -0.2) is 12.9 Å². The maximum atomic E-state index is 11.1. The third kappa shape index (κ3) is 1.99. The van der Waals surface area contributed by atoms with Crippen LogP contribution in [0.1, 0.15) is 12.5 Å². The van der Waals surface area contributed by atoms with Gasteiger partial charge in [-0.15, -0.1) is 0 Å². The first-order valence-corrected chi connectivity index (χ1v) is 5.52. The van der Waals surface area contributed by atoms with Crippen molar-refractivity contribution in [3.05, 3.63) is 27.4 Å². The van der Waals surface area contributed by atoms with Gasteiger partial charge in [0.2, 0.25) is 0 Å². The Morgan fingerprint density at radius 3 is 2.88 bits per heavy atom. The Hall–Kier alpha value is -1.62. The average Bonchev–Trinajstić information content (AvgIpc) is 2.55. The molecule has 0 aliphatic rings. The number of fused-ring (bicyclic) bond motifs is 1. The zero-order chi connectivity index (χ0) is 11.7. The van der Waals surface area contributed by atoms with E-state index in [-0.39, 0.29) is 17.1 Å². The first kappa shape index (κ1) is 10.9. The van der Waals surface area contributed by atoms with Crippen molar-refractivity contribution in [3.8, 4) is 5.75 Å². The highest BCUT2D eigenvalue weighted by Gasteiger charge is 2.11. The Morgan fingerprint density at radius 2 is 2.25 bits per heavy atom. The standard InChI is InChI=1S/C11H10O4S/c1-6(12)3-7-4-9-10(5-8(7)14-2)16-11(13)15-9/h4-5H,3H2,1-2H3. The normalized spacial score (nSPS) is 10.6. The molecule has 0 radical (unpaired) electrons. The largest absolute Gasteiger partial charge is 0.496 e. The summed E-state index contributed by atoms with van der Waals surface area (Å²) in [7, 11) is 1.54. The second-order valence-electron chi connectivity index (χ2n) is 3.44. The van der Waals surface area contributed by atoms with Crippen molar-refractivity contribution in [1.82, 2.24) is 0 Å². The van der Waals surface area contributed by atoms with Gasteiger partial charge in [0.15, 0.2) is 0 Å². The number of hydrogen-bond donors (Lipinski definition) is 0. The monoisotopic (exact) mass is 238 g/mol. The number of benzene rings is 1. The molecule has 5 heteroatoms. The fourth-order valence-corrected chi connectivity index (χ4v) is 2.22. The van der Waals surface area contributed by atoms with Crippen LogP contribution >= 0.6 is 11.3 Å². The number of carbonyl (C=O) groups is 1. The Labute approximate surface area is 95.5 Å². The maximum absolute atomic E-state index is 11.1. The molecule has 2 aromatic rings. The van der Waals surface area contributed by atoms with Crippen molar-refractivity contribution in [3.63, 3.8) is 0 Å². The summed E-state index contributed by atoms with van der Waals surface area (Å²) in [5.41, 5.74) is 1.25. The molecule has 0 fully saturated rings. The van der Waals surface area contributed by atoms with E-state index in [4.69, 9.17) is 9.15 Å². The van der Waals surface area contributed by atoms with Gasteiger partial charge in [-0.25, -0.2) is 4.79 Å². The lowest BCUT2D eigenvalue weighted by molar-refractivity contribution is -0.116. The molecule has 0 saturated carbocycles. The van der Waals surface area contributed by atoms with E-state index in [1.165, 1.54) is 14.0 Å². The molecule has 1 aromatic carbocycles. The molecule has 0 N–H and O–H groups in total. The van der Waals surface area contributed by atoms with Crippen LogP contribution in [0.15, 0.2) is 21.3 Å². The van der Waals surface area contributed by atoms with E-state index >= 15 is 0 Å². The summed E-state index contributed by atoms with van der Waals surface area (Å²) in [4.78, 5) is 21.8. The lowest BCUT2D eigenvalue weighted by atomic mass is 10.1. The zero-order valence-corrected chi connectivity index (χ0v) is 9.72. The Morgan fingerprint density at radius 1 is 1.50 bits per heavy atom. The van der Waals surface area contributed by atoms with Crippen LogP contribution in [0.3, 0.4) is 0 Å². The number of carbonyl (C=O) groups excluding carboxylic acids is 1. The van der Waals surface area contributed by atoms with Gasteiger partial charge in [0.25, 0.3) is 0 Å². The second-order valence-corrected chi connectivity index (χ2v) is 4.42. The topological polar surface area (TPSA) is 56.5 Å². The fourth-order valence-electron chi connectivity index (χ4n) is 1.54. The summed E-state index contributed by atoms with van der Waals surface area (Å²) in [5, 5.41) is 0. The molecule has 1 heterocycles. The maximum Gasteiger partial charge on any atom is 0.396 e. The Bertz CT molecular complexity index is 594. The number of ether oxygens (including phenoxy) is 1. The van der Waals surface area contributed by atoms with Gasteiger partial charge < -0.3 is 9.15 Å². The van der Waals surface area contributed by atoms with Crippen molar-refractivity contribution in [1.29, 1.82) is 0 Å². The van der Waals surface area contributed by atoms with Crippen LogP contribution in [0.4, 0.5) is 0 Å². The first-order valence-electron chi connectivity index (χ1n) is 4.70. The third-order valence-electron chi connectivity index (χ3n) is 2.17. The quantitative estimate of drug-likeness (QED) is 0.820. The highest BCUT2D eigenvalue weighted by Crippen LogP contribution is 2.28. The van der Waals surface area contributed by atoms with Crippen molar-refractivity contribution in [2.45, 2.75) is 13.3 Å². The molecule has 0 saturated heterocycles. The molecule has 0 atom stereocenters. The molecule has 4 nitrogen and oxygen atoms in total. The van der Waals surface area contributed by atoms with Gasteiger partial charge in [-0.3, -0.25) is 4.79 Å². The predicted octanol–water partition coefficient (Wildman–Crippen LogP) is 1.99. The van der Waals surface area contributed by atoms with Gasteiger partial charge in [-0.1, -0.05) is 11.3 Å². The average molecular weight is 238 g/mol. The number of Topliss-reactive ketones (excluding diaryl/α,β-unsaturated/α-hetero) is 1. The van der Waals surface area contributed by atoms with Crippen molar-refractivity contribution in [2.24, 2.45) is 0 Å². The van der Waals surface area contributed by atoms with Gasteiger partial charge in [-0.2, -0.15) is 0 Å². The molecular formula is C11H10O4S. The molecular weight excluding hydrogens is 228 g/mol. The molecule has 0 aliphatic carbocycles. The zero-order valence-electron chi connectivity index (χ0n) is 8.90. The minimum Gasteiger partial charge on any atom is -0.496 e. The number of hydrogen-bond acceptors (Lipinski definition) is 5. The van der Waals surface area contributed by atoms with E-state index in [0.29, 0.717) is 11.3 Å².